The Morgan fingerprint density at radius 1 is 1.17 bits per heavy atom. The molecule has 1 unspecified atom stereocenters. The van der Waals surface area contributed by atoms with Gasteiger partial charge in [-0.2, -0.15) is 0 Å². The highest BCUT2D eigenvalue weighted by molar-refractivity contribution is 7.13. The molecule has 0 radical (unpaired) electrons. The lowest BCUT2D eigenvalue weighted by atomic mass is 10.0. The van der Waals surface area contributed by atoms with Crippen LogP contribution < -0.4 is 11.5 Å². The van der Waals surface area contributed by atoms with Crippen LogP contribution in [0.3, 0.4) is 0 Å². The van der Waals surface area contributed by atoms with E-state index in [9.17, 15) is 14.4 Å². The van der Waals surface area contributed by atoms with Gasteiger partial charge in [0, 0.05) is 11.8 Å². The molecule has 0 fully saturated rings. The molecule has 0 saturated heterocycles. The van der Waals surface area contributed by atoms with Crippen LogP contribution in [0.25, 0.3) is 0 Å². The van der Waals surface area contributed by atoms with Gasteiger partial charge >= 0.3 is 5.97 Å². The summed E-state index contributed by atoms with van der Waals surface area (Å²) in [6.07, 6.45) is 2.23. The van der Waals surface area contributed by atoms with Crippen molar-refractivity contribution in [1.29, 1.82) is 0 Å². The van der Waals surface area contributed by atoms with Crippen molar-refractivity contribution in [3.05, 3.63) is 47.0 Å². The van der Waals surface area contributed by atoms with Crippen molar-refractivity contribution in [2.24, 2.45) is 5.73 Å². The van der Waals surface area contributed by atoms with Crippen molar-refractivity contribution in [3.63, 3.8) is 0 Å². The number of hydrogen-bond donors (Lipinski definition) is 2. The Kier molecular flexibility index (Phi) is 9.43. The third kappa shape index (κ3) is 7.23. The maximum absolute atomic E-state index is 12.9. The highest BCUT2D eigenvalue weighted by Gasteiger charge is 2.30. The molecule has 30 heavy (non-hydrogen) atoms. The lowest BCUT2D eigenvalue weighted by Gasteiger charge is -2.29. The van der Waals surface area contributed by atoms with Gasteiger partial charge in [-0.05, 0) is 31.2 Å². The minimum atomic E-state index is -0.615. The number of nitrogens with two attached hydrogens (primary N) is 2. The first-order chi connectivity index (χ1) is 14.4. The zero-order valence-corrected chi connectivity index (χ0v) is 17.9. The summed E-state index contributed by atoms with van der Waals surface area (Å²) < 4.78 is 4.78. The number of hydrogen-bond acceptors (Lipinski definition) is 8. The van der Waals surface area contributed by atoms with E-state index in [2.05, 4.69) is 4.98 Å². The number of carbonyl (C=O) groups is 3. The van der Waals surface area contributed by atoms with Gasteiger partial charge in [-0.3, -0.25) is 19.3 Å². The van der Waals surface area contributed by atoms with Gasteiger partial charge in [0.25, 0.3) is 0 Å². The molecule has 2 rings (SSSR count). The van der Waals surface area contributed by atoms with E-state index in [4.69, 9.17) is 16.2 Å². The Bertz CT molecular complexity index is 841. The minimum absolute atomic E-state index is 0.0660. The van der Waals surface area contributed by atoms with Crippen molar-refractivity contribution in [3.8, 4) is 0 Å². The molecule has 0 spiro atoms. The number of rotatable bonds is 11. The number of esters is 1. The maximum atomic E-state index is 12.9. The average Bonchev–Trinajstić information content (AvgIpc) is 3.17. The molecule has 4 N–H and O–H groups in total. The smallest absolute Gasteiger partial charge is 0.307 e. The van der Waals surface area contributed by atoms with Crippen molar-refractivity contribution in [2.75, 3.05) is 19.4 Å². The number of imide groups is 1. The number of ether oxygens (including phenoxy) is 1. The lowest BCUT2D eigenvalue weighted by Crippen LogP contribution is -2.48. The first-order valence-corrected chi connectivity index (χ1v) is 10.7. The van der Waals surface area contributed by atoms with E-state index in [-0.39, 0.29) is 25.3 Å². The van der Waals surface area contributed by atoms with Gasteiger partial charge in [-0.1, -0.05) is 30.3 Å². The van der Waals surface area contributed by atoms with Crippen LogP contribution in [0, 0.1) is 0 Å². The van der Waals surface area contributed by atoms with Crippen molar-refractivity contribution in [1.82, 2.24) is 9.88 Å². The molecular formula is C21H28N4O4S. The van der Waals surface area contributed by atoms with Gasteiger partial charge in [-0.15, -0.1) is 11.3 Å². The summed E-state index contributed by atoms with van der Waals surface area (Å²) in [5, 5.41) is 2.33. The molecule has 2 aromatic rings. The van der Waals surface area contributed by atoms with Crippen LogP contribution in [0.15, 0.2) is 35.7 Å². The number of amides is 2. The summed E-state index contributed by atoms with van der Waals surface area (Å²) in [4.78, 5) is 42.7. The zero-order valence-electron chi connectivity index (χ0n) is 17.1. The second kappa shape index (κ2) is 12.0. The molecule has 0 aliphatic carbocycles. The fourth-order valence-corrected chi connectivity index (χ4v) is 3.80. The van der Waals surface area contributed by atoms with Crippen molar-refractivity contribution in [2.45, 2.75) is 44.6 Å². The Morgan fingerprint density at radius 2 is 1.90 bits per heavy atom. The fraction of sp³-hybridized carbons (Fsp3) is 0.429. The molecule has 0 aliphatic rings. The van der Waals surface area contributed by atoms with Crippen LogP contribution >= 0.6 is 11.3 Å². The first-order valence-electron chi connectivity index (χ1n) is 9.80. The minimum Gasteiger partial charge on any atom is -0.469 e. The van der Waals surface area contributed by atoms with E-state index in [0.717, 1.165) is 16.2 Å². The molecule has 8 nitrogen and oxygen atoms in total. The zero-order chi connectivity index (χ0) is 21.9. The molecule has 1 atom stereocenters. The molecule has 1 aromatic carbocycles. The number of aryl methyl sites for hydroxylation is 2. The van der Waals surface area contributed by atoms with E-state index >= 15 is 0 Å². The van der Waals surface area contributed by atoms with Gasteiger partial charge in [0.15, 0.2) is 5.13 Å². The Balaban J connectivity index is 2.08. The number of anilines is 1. The second-order valence-corrected chi connectivity index (χ2v) is 7.74. The average molecular weight is 433 g/mol. The Labute approximate surface area is 180 Å². The molecule has 1 heterocycles. The van der Waals surface area contributed by atoms with E-state index < -0.39 is 17.9 Å². The van der Waals surface area contributed by atoms with Gasteiger partial charge in [-0.25, -0.2) is 4.98 Å². The summed E-state index contributed by atoms with van der Waals surface area (Å²) in [7, 11) is 1.28. The molecule has 1 aromatic heterocycles. The van der Waals surface area contributed by atoms with Gasteiger partial charge in [0.2, 0.25) is 11.8 Å². The van der Waals surface area contributed by atoms with Crippen LogP contribution in [0.1, 0.15) is 36.9 Å². The Hall–Kier alpha value is -2.78. The normalized spacial score (nSPS) is 11.7. The highest BCUT2D eigenvalue weighted by atomic mass is 32.1. The number of nitrogen functional groups attached to an aromatic ring is 1. The lowest BCUT2D eigenvalue weighted by molar-refractivity contribution is -0.150. The van der Waals surface area contributed by atoms with E-state index in [0.29, 0.717) is 30.8 Å². The summed E-state index contributed by atoms with van der Waals surface area (Å²) in [5.74, 6) is -1.33. The highest BCUT2D eigenvalue weighted by Crippen LogP contribution is 2.18. The maximum Gasteiger partial charge on any atom is 0.307 e. The van der Waals surface area contributed by atoms with Crippen molar-refractivity contribution >= 4 is 34.3 Å². The topological polar surface area (TPSA) is 129 Å². The summed E-state index contributed by atoms with van der Waals surface area (Å²) in [5.41, 5.74) is 13.1. The van der Waals surface area contributed by atoms with Crippen LogP contribution in [0.4, 0.5) is 5.13 Å². The predicted octanol–water partition coefficient (Wildman–Crippen LogP) is 1.93. The quantitative estimate of drug-likeness (QED) is 0.519. The summed E-state index contributed by atoms with van der Waals surface area (Å²) in [6.45, 7) is -0.308. The number of carbonyl (C=O) groups excluding carboxylic acids is 3. The number of thiazole rings is 1. The molecule has 0 aliphatic heterocycles. The molecule has 2 amide bonds. The second-order valence-electron chi connectivity index (χ2n) is 6.85. The summed E-state index contributed by atoms with van der Waals surface area (Å²) in [6, 6.07) is 9.07. The van der Waals surface area contributed by atoms with Gasteiger partial charge in [0.05, 0.1) is 31.8 Å². The predicted molar refractivity (Wildman–Crippen MR) is 116 cm³/mol. The Morgan fingerprint density at radius 3 is 2.50 bits per heavy atom. The third-order valence-electron chi connectivity index (χ3n) is 4.71. The van der Waals surface area contributed by atoms with Gasteiger partial charge in [0.1, 0.15) is 0 Å². The van der Waals surface area contributed by atoms with Crippen LogP contribution in [-0.4, -0.2) is 47.4 Å². The molecule has 0 bridgehead atoms. The number of methoxy groups -OCH3 is 1. The van der Waals surface area contributed by atoms with E-state index in [1.54, 1.807) is 0 Å². The number of aromatic nitrogens is 1. The monoisotopic (exact) mass is 432 g/mol. The standard InChI is InChI=1S/C21H28N4O4S/c1-29-20(28)12-17(11-10-15-6-3-2-4-7-15)25(19(27)13-22)18(26)9-5-8-16-14-30-21(23)24-16/h2-4,6-7,14,17H,5,8-13,22H2,1H3,(H2,23,24). The van der Waals surface area contributed by atoms with Gasteiger partial charge < -0.3 is 16.2 Å². The molecule has 162 valence electrons. The summed E-state index contributed by atoms with van der Waals surface area (Å²) >= 11 is 1.35. The number of benzene rings is 1. The fourth-order valence-electron chi connectivity index (χ4n) is 3.20. The largest absolute Gasteiger partial charge is 0.469 e. The van der Waals surface area contributed by atoms with Crippen LogP contribution in [0.2, 0.25) is 0 Å². The van der Waals surface area contributed by atoms with E-state index in [1.807, 2.05) is 35.7 Å². The van der Waals surface area contributed by atoms with Crippen LogP contribution in [0.5, 0.6) is 0 Å². The number of nitrogens with zero attached hydrogens (tertiary/aromatic N) is 2. The molecule has 0 saturated carbocycles. The third-order valence-corrected chi connectivity index (χ3v) is 5.43. The van der Waals surface area contributed by atoms with Crippen LogP contribution in [-0.2, 0) is 32.0 Å². The first kappa shape index (κ1) is 23.5. The SMILES string of the molecule is COC(=O)CC(CCc1ccccc1)N(C(=O)CN)C(=O)CCCc1csc(N)n1. The molecular weight excluding hydrogens is 404 g/mol. The van der Waals surface area contributed by atoms with Crippen molar-refractivity contribution < 1.29 is 19.1 Å². The molecule has 9 heteroatoms. The van der Waals surface area contributed by atoms with E-state index in [1.165, 1.54) is 18.4 Å².